The van der Waals surface area contributed by atoms with Gasteiger partial charge in [0.15, 0.2) is 0 Å². The van der Waals surface area contributed by atoms with Crippen molar-refractivity contribution in [2.75, 3.05) is 0 Å². The van der Waals surface area contributed by atoms with Gasteiger partial charge in [0.05, 0.1) is 22.2 Å². The standard InChI is InChI=1S/C19H18F3N2O3/c1-18(2,3)27-17(25)24-15-8-9-23(26)11-13(15)10-16(24)12-4-6-14(7-5-12)19(20,21)22/h4-11,26H,1-3H3/q+1. The number of alkyl halides is 3. The van der Waals surface area contributed by atoms with Crippen molar-refractivity contribution in [1.82, 2.24) is 4.57 Å². The zero-order chi connectivity index (χ0) is 20.0. The van der Waals surface area contributed by atoms with Gasteiger partial charge >= 0.3 is 12.3 Å². The zero-order valence-corrected chi connectivity index (χ0v) is 14.9. The van der Waals surface area contributed by atoms with E-state index in [4.69, 9.17) is 4.74 Å². The molecule has 0 aliphatic carbocycles. The normalized spacial score (nSPS) is 12.4. The number of fused-ring (bicyclic) bond motifs is 1. The predicted octanol–water partition coefficient (Wildman–Crippen LogP) is 4.64. The van der Waals surface area contributed by atoms with Gasteiger partial charge in [-0.1, -0.05) is 12.1 Å². The Morgan fingerprint density at radius 1 is 1.11 bits per heavy atom. The number of rotatable bonds is 1. The van der Waals surface area contributed by atoms with Crippen LogP contribution < -0.4 is 4.73 Å². The Morgan fingerprint density at radius 2 is 1.74 bits per heavy atom. The molecular weight excluding hydrogens is 361 g/mol. The van der Waals surface area contributed by atoms with Crippen LogP contribution in [0.1, 0.15) is 26.3 Å². The Balaban J connectivity index is 2.17. The minimum absolute atomic E-state index is 0.360. The van der Waals surface area contributed by atoms with Crippen molar-refractivity contribution < 1.29 is 32.6 Å². The third-order valence-electron chi connectivity index (χ3n) is 3.81. The van der Waals surface area contributed by atoms with Gasteiger partial charge in [-0.15, -0.1) is 0 Å². The zero-order valence-electron chi connectivity index (χ0n) is 14.9. The van der Waals surface area contributed by atoms with Crippen LogP contribution in [0, 0.1) is 0 Å². The number of hydrogen-bond acceptors (Lipinski definition) is 3. The molecule has 3 rings (SSSR count). The number of carbonyl (C=O) groups is 1. The third-order valence-corrected chi connectivity index (χ3v) is 3.81. The number of halogens is 3. The summed E-state index contributed by atoms with van der Waals surface area (Å²) in [7, 11) is 0. The SMILES string of the molecule is CC(C)(C)OC(=O)n1c(-c2ccc(C(F)(F)F)cc2)cc2c[n+](O)ccc21. The fraction of sp³-hybridized carbons (Fsp3) is 0.263. The van der Waals surface area contributed by atoms with Gasteiger partial charge in [0, 0.05) is 10.8 Å². The van der Waals surface area contributed by atoms with Gasteiger partial charge in [-0.05, 0) is 44.5 Å². The van der Waals surface area contributed by atoms with Gasteiger partial charge < -0.3 is 4.74 Å². The third kappa shape index (κ3) is 3.89. The lowest BCUT2D eigenvalue weighted by atomic mass is 10.1. The van der Waals surface area contributed by atoms with Crippen LogP contribution in [0.2, 0.25) is 0 Å². The number of pyridine rings is 1. The van der Waals surface area contributed by atoms with Crippen LogP contribution >= 0.6 is 0 Å². The molecule has 0 saturated heterocycles. The summed E-state index contributed by atoms with van der Waals surface area (Å²) in [6.07, 6.45) is -2.37. The van der Waals surface area contributed by atoms with E-state index in [0.29, 0.717) is 22.2 Å². The van der Waals surface area contributed by atoms with Crippen molar-refractivity contribution in [2.45, 2.75) is 32.5 Å². The molecular formula is C19H18F3N2O3+. The first-order valence-electron chi connectivity index (χ1n) is 8.13. The molecule has 0 amide bonds. The first-order valence-corrected chi connectivity index (χ1v) is 8.13. The molecule has 0 aliphatic rings. The Morgan fingerprint density at radius 3 is 2.30 bits per heavy atom. The largest absolute Gasteiger partial charge is 0.443 e. The maximum Gasteiger partial charge on any atom is 0.419 e. The second kappa shape index (κ2) is 6.29. The quantitative estimate of drug-likeness (QED) is 0.495. The minimum Gasteiger partial charge on any atom is -0.443 e. The molecule has 0 spiro atoms. The lowest BCUT2D eigenvalue weighted by molar-refractivity contribution is -0.903. The maximum atomic E-state index is 12.8. The molecule has 5 nitrogen and oxygen atoms in total. The number of carbonyl (C=O) groups excluding carboxylic acids is 1. The predicted molar refractivity (Wildman–Crippen MR) is 91.4 cm³/mol. The molecule has 2 aromatic heterocycles. The Labute approximate surface area is 153 Å². The monoisotopic (exact) mass is 379 g/mol. The molecule has 1 N–H and O–H groups in total. The molecule has 3 aromatic rings. The molecule has 0 atom stereocenters. The Hall–Kier alpha value is -3.03. The summed E-state index contributed by atoms with van der Waals surface area (Å²) in [5.41, 5.74) is -0.297. The van der Waals surface area contributed by atoms with E-state index in [1.165, 1.54) is 35.2 Å². The van der Waals surface area contributed by atoms with E-state index < -0.39 is 23.4 Å². The van der Waals surface area contributed by atoms with Crippen LogP contribution in [-0.2, 0) is 10.9 Å². The topological polar surface area (TPSA) is 55.3 Å². The average Bonchev–Trinajstić information content (AvgIpc) is 2.91. The number of ether oxygens (including phenoxy) is 1. The fourth-order valence-corrected chi connectivity index (χ4v) is 2.70. The summed E-state index contributed by atoms with van der Waals surface area (Å²) in [6.45, 7) is 5.15. The van der Waals surface area contributed by atoms with Crippen LogP contribution in [-0.4, -0.2) is 21.5 Å². The van der Waals surface area contributed by atoms with Gasteiger partial charge in [0.2, 0.25) is 12.4 Å². The first kappa shape index (κ1) is 18.8. The van der Waals surface area contributed by atoms with Crippen LogP contribution in [0.3, 0.4) is 0 Å². The molecule has 0 fully saturated rings. The lowest BCUT2D eigenvalue weighted by Crippen LogP contribution is -2.29. The van der Waals surface area contributed by atoms with Crippen molar-refractivity contribution >= 4 is 17.0 Å². The molecule has 0 aliphatic heterocycles. The average molecular weight is 379 g/mol. The highest BCUT2D eigenvalue weighted by Crippen LogP contribution is 2.33. The van der Waals surface area contributed by atoms with Crippen molar-refractivity contribution in [1.29, 1.82) is 0 Å². The maximum absolute atomic E-state index is 12.8. The van der Waals surface area contributed by atoms with E-state index in [2.05, 4.69) is 0 Å². The molecule has 0 saturated carbocycles. The fourth-order valence-electron chi connectivity index (χ4n) is 2.70. The first-order chi connectivity index (χ1) is 12.5. The summed E-state index contributed by atoms with van der Waals surface area (Å²) in [4.78, 5) is 12.7. The van der Waals surface area contributed by atoms with Gasteiger partial charge in [-0.25, -0.2) is 9.36 Å². The summed E-state index contributed by atoms with van der Waals surface area (Å²) < 4.78 is 46.0. The number of hydrogen-bond donors (Lipinski definition) is 1. The smallest absolute Gasteiger partial charge is 0.419 e. The molecule has 8 heteroatoms. The van der Waals surface area contributed by atoms with Crippen LogP contribution in [0.5, 0.6) is 0 Å². The second-order valence-corrected chi connectivity index (χ2v) is 7.09. The van der Waals surface area contributed by atoms with Crippen LogP contribution in [0.15, 0.2) is 48.8 Å². The lowest BCUT2D eigenvalue weighted by Gasteiger charge is -2.21. The number of nitrogens with zero attached hydrogens (tertiary/aromatic N) is 2. The summed E-state index contributed by atoms with van der Waals surface area (Å²) in [5.74, 6) is 0. The van der Waals surface area contributed by atoms with E-state index >= 15 is 0 Å². The van der Waals surface area contributed by atoms with Crippen molar-refractivity contribution in [3.05, 3.63) is 54.4 Å². The van der Waals surface area contributed by atoms with E-state index in [1.807, 2.05) is 0 Å². The highest BCUT2D eigenvalue weighted by molar-refractivity contribution is 5.95. The number of aromatic nitrogens is 2. The Bertz CT molecular complexity index is 1000. The van der Waals surface area contributed by atoms with Crippen molar-refractivity contribution in [3.8, 4) is 11.3 Å². The van der Waals surface area contributed by atoms with E-state index in [0.717, 1.165) is 16.9 Å². The summed E-state index contributed by atoms with van der Waals surface area (Å²) in [5, 5.41) is 10.1. The number of benzene rings is 1. The molecule has 0 radical (unpaired) electrons. The van der Waals surface area contributed by atoms with Gasteiger partial charge in [0.1, 0.15) is 5.60 Å². The summed E-state index contributed by atoms with van der Waals surface area (Å²) >= 11 is 0. The van der Waals surface area contributed by atoms with Crippen molar-refractivity contribution in [3.63, 3.8) is 0 Å². The van der Waals surface area contributed by atoms with Crippen LogP contribution in [0.4, 0.5) is 18.0 Å². The molecule has 2 heterocycles. The van der Waals surface area contributed by atoms with E-state index in [-0.39, 0.29) is 0 Å². The highest BCUT2D eigenvalue weighted by atomic mass is 19.4. The Kier molecular flexibility index (Phi) is 4.37. The second-order valence-electron chi connectivity index (χ2n) is 7.09. The van der Waals surface area contributed by atoms with Gasteiger partial charge in [0.25, 0.3) is 0 Å². The molecule has 0 bridgehead atoms. The van der Waals surface area contributed by atoms with Crippen LogP contribution in [0.25, 0.3) is 22.2 Å². The highest BCUT2D eigenvalue weighted by Gasteiger charge is 2.30. The molecule has 0 unspecified atom stereocenters. The minimum atomic E-state index is -4.45. The van der Waals surface area contributed by atoms with Crippen molar-refractivity contribution in [2.24, 2.45) is 0 Å². The molecule has 27 heavy (non-hydrogen) atoms. The van der Waals surface area contributed by atoms with E-state index in [1.54, 1.807) is 26.8 Å². The van der Waals surface area contributed by atoms with E-state index in [9.17, 15) is 23.2 Å². The van der Waals surface area contributed by atoms with Gasteiger partial charge in [-0.2, -0.15) is 13.2 Å². The molecule has 1 aromatic carbocycles. The summed E-state index contributed by atoms with van der Waals surface area (Å²) in [6, 6.07) is 7.63. The van der Waals surface area contributed by atoms with Gasteiger partial charge in [-0.3, -0.25) is 5.21 Å². The molecule has 142 valence electrons.